The van der Waals surface area contributed by atoms with Crippen molar-refractivity contribution < 1.29 is 14.3 Å². The fourth-order valence-corrected chi connectivity index (χ4v) is 2.24. The first-order chi connectivity index (χ1) is 7.75. The van der Waals surface area contributed by atoms with Crippen LogP contribution in [0, 0.1) is 0 Å². The van der Waals surface area contributed by atoms with Crippen molar-refractivity contribution in [1.82, 2.24) is 0 Å². The maximum atomic E-state index is 11.4. The van der Waals surface area contributed by atoms with Gasteiger partial charge in [0, 0.05) is 5.92 Å². The summed E-state index contributed by atoms with van der Waals surface area (Å²) in [5.41, 5.74) is 1.87. The Kier molecular flexibility index (Phi) is 1.93. The Morgan fingerprint density at radius 1 is 1.12 bits per heavy atom. The SMILES string of the molecule is O=C1OC(=O)c2cc(C3C=CCC3)ccc21. The molecule has 0 N–H and O–H groups in total. The quantitative estimate of drug-likeness (QED) is 0.409. The maximum absolute atomic E-state index is 11.4. The van der Waals surface area contributed by atoms with E-state index in [2.05, 4.69) is 16.9 Å². The van der Waals surface area contributed by atoms with E-state index in [9.17, 15) is 9.59 Å². The number of ether oxygens (including phenoxy) is 1. The number of carbonyl (C=O) groups is 2. The Bertz CT molecular complexity index is 514. The summed E-state index contributed by atoms with van der Waals surface area (Å²) in [5.74, 6) is -0.689. The summed E-state index contributed by atoms with van der Waals surface area (Å²) in [6.07, 6.45) is 6.43. The Labute approximate surface area is 92.7 Å². The minimum atomic E-state index is -0.534. The molecule has 0 amide bonds. The molecule has 3 rings (SSSR count). The molecule has 0 radical (unpaired) electrons. The molecule has 16 heavy (non-hydrogen) atoms. The van der Waals surface area contributed by atoms with E-state index in [1.54, 1.807) is 12.1 Å². The van der Waals surface area contributed by atoms with Gasteiger partial charge in [-0.05, 0) is 30.5 Å². The molecule has 0 saturated heterocycles. The van der Waals surface area contributed by atoms with Crippen LogP contribution in [0.2, 0.25) is 0 Å². The van der Waals surface area contributed by atoms with Gasteiger partial charge >= 0.3 is 11.9 Å². The van der Waals surface area contributed by atoms with Gasteiger partial charge in [-0.3, -0.25) is 0 Å². The van der Waals surface area contributed by atoms with Gasteiger partial charge in [0.25, 0.3) is 0 Å². The van der Waals surface area contributed by atoms with E-state index >= 15 is 0 Å². The molecule has 1 aliphatic carbocycles. The molecule has 3 heteroatoms. The van der Waals surface area contributed by atoms with Gasteiger partial charge in [0.1, 0.15) is 0 Å². The van der Waals surface area contributed by atoms with Gasteiger partial charge in [-0.15, -0.1) is 0 Å². The highest BCUT2D eigenvalue weighted by atomic mass is 16.6. The molecular formula is C13H10O3. The molecule has 1 heterocycles. The highest BCUT2D eigenvalue weighted by molar-refractivity contribution is 6.14. The lowest BCUT2D eigenvalue weighted by Crippen LogP contribution is -1.97. The second kappa shape index (κ2) is 3.30. The third-order valence-electron chi connectivity index (χ3n) is 3.11. The van der Waals surface area contributed by atoms with Crippen LogP contribution >= 0.6 is 0 Å². The van der Waals surface area contributed by atoms with Crippen molar-refractivity contribution in [2.75, 3.05) is 0 Å². The van der Waals surface area contributed by atoms with Crippen LogP contribution in [0.4, 0.5) is 0 Å². The van der Waals surface area contributed by atoms with E-state index in [4.69, 9.17) is 0 Å². The molecular weight excluding hydrogens is 204 g/mol. The number of benzene rings is 1. The second-order valence-electron chi connectivity index (χ2n) is 4.09. The molecule has 1 aliphatic heterocycles. The largest absolute Gasteiger partial charge is 0.386 e. The average Bonchev–Trinajstić information content (AvgIpc) is 2.88. The lowest BCUT2D eigenvalue weighted by molar-refractivity contribution is 0.0444. The van der Waals surface area contributed by atoms with E-state index in [0.717, 1.165) is 18.4 Å². The van der Waals surface area contributed by atoms with Crippen molar-refractivity contribution in [1.29, 1.82) is 0 Å². The second-order valence-corrected chi connectivity index (χ2v) is 4.09. The molecule has 1 unspecified atom stereocenters. The third-order valence-corrected chi connectivity index (χ3v) is 3.11. The van der Waals surface area contributed by atoms with Crippen molar-refractivity contribution in [2.24, 2.45) is 0 Å². The highest BCUT2D eigenvalue weighted by Crippen LogP contribution is 2.31. The van der Waals surface area contributed by atoms with Crippen molar-refractivity contribution >= 4 is 11.9 Å². The number of cyclic esters (lactones) is 2. The zero-order valence-corrected chi connectivity index (χ0v) is 8.60. The summed E-state index contributed by atoms with van der Waals surface area (Å²) < 4.78 is 4.55. The van der Waals surface area contributed by atoms with Crippen LogP contribution in [0.1, 0.15) is 45.0 Å². The molecule has 0 saturated carbocycles. The summed E-state index contributed by atoms with van der Waals surface area (Å²) in [4.78, 5) is 22.6. The molecule has 1 atom stereocenters. The first-order valence-electron chi connectivity index (χ1n) is 5.33. The lowest BCUT2D eigenvalue weighted by Gasteiger charge is -2.08. The molecule has 0 aromatic heterocycles. The van der Waals surface area contributed by atoms with Gasteiger partial charge in [0.15, 0.2) is 0 Å². The topological polar surface area (TPSA) is 43.4 Å². The van der Waals surface area contributed by atoms with E-state index in [1.165, 1.54) is 0 Å². The predicted octanol–water partition coefficient (Wildman–Crippen LogP) is 2.43. The maximum Gasteiger partial charge on any atom is 0.346 e. The van der Waals surface area contributed by atoms with Crippen molar-refractivity contribution in [3.63, 3.8) is 0 Å². The Balaban J connectivity index is 2.05. The molecule has 0 bridgehead atoms. The van der Waals surface area contributed by atoms with Gasteiger partial charge in [-0.25, -0.2) is 9.59 Å². The summed E-state index contributed by atoms with van der Waals surface area (Å²) >= 11 is 0. The van der Waals surface area contributed by atoms with E-state index in [1.807, 2.05) is 6.07 Å². The number of hydrogen-bond donors (Lipinski definition) is 0. The van der Waals surface area contributed by atoms with E-state index in [0.29, 0.717) is 17.0 Å². The number of fused-ring (bicyclic) bond motifs is 1. The number of carbonyl (C=O) groups excluding carboxylic acids is 2. The lowest BCUT2D eigenvalue weighted by atomic mass is 9.95. The first-order valence-corrected chi connectivity index (χ1v) is 5.33. The molecule has 2 aliphatic rings. The van der Waals surface area contributed by atoms with Crippen molar-refractivity contribution in [3.05, 3.63) is 47.0 Å². The Morgan fingerprint density at radius 2 is 1.94 bits per heavy atom. The summed E-state index contributed by atoms with van der Waals surface area (Å²) in [6, 6.07) is 5.37. The fourth-order valence-electron chi connectivity index (χ4n) is 2.24. The van der Waals surface area contributed by atoms with Crippen LogP contribution in [0.5, 0.6) is 0 Å². The third kappa shape index (κ3) is 1.28. The average molecular weight is 214 g/mol. The van der Waals surface area contributed by atoms with Gasteiger partial charge in [0.2, 0.25) is 0 Å². The van der Waals surface area contributed by atoms with Crippen molar-refractivity contribution in [2.45, 2.75) is 18.8 Å². The minimum absolute atomic E-state index is 0.369. The monoisotopic (exact) mass is 214 g/mol. The smallest absolute Gasteiger partial charge is 0.346 e. The zero-order chi connectivity index (χ0) is 11.1. The zero-order valence-electron chi connectivity index (χ0n) is 8.60. The summed E-state index contributed by atoms with van der Waals surface area (Å²) in [6.45, 7) is 0. The minimum Gasteiger partial charge on any atom is -0.386 e. The Hall–Kier alpha value is -1.90. The molecule has 0 spiro atoms. The van der Waals surface area contributed by atoms with Gasteiger partial charge < -0.3 is 4.74 Å². The van der Waals surface area contributed by atoms with Crippen LogP contribution in [-0.2, 0) is 4.74 Å². The standard InChI is InChI=1S/C13H10O3/c14-12-10-6-5-9(8-3-1-2-4-8)7-11(10)13(15)16-12/h1,3,5-8H,2,4H2. The first kappa shape index (κ1) is 9.33. The molecule has 1 aromatic rings. The van der Waals surface area contributed by atoms with Crippen LogP contribution in [0.25, 0.3) is 0 Å². The highest BCUT2D eigenvalue weighted by Gasteiger charge is 2.30. The molecule has 80 valence electrons. The van der Waals surface area contributed by atoms with Crippen LogP contribution in [0.3, 0.4) is 0 Å². The number of esters is 2. The molecule has 1 aromatic carbocycles. The van der Waals surface area contributed by atoms with Gasteiger partial charge in [0.05, 0.1) is 11.1 Å². The summed E-state index contributed by atoms with van der Waals surface area (Å²) in [5, 5.41) is 0. The molecule has 3 nitrogen and oxygen atoms in total. The number of hydrogen-bond acceptors (Lipinski definition) is 3. The summed E-state index contributed by atoms with van der Waals surface area (Å²) in [7, 11) is 0. The van der Waals surface area contributed by atoms with Crippen molar-refractivity contribution in [3.8, 4) is 0 Å². The number of allylic oxidation sites excluding steroid dienone is 2. The van der Waals surface area contributed by atoms with Crippen LogP contribution in [0.15, 0.2) is 30.4 Å². The predicted molar refractivity (Wildman–Crippen MR) is 57.3 cm³/mol. The fraction of sp³-hybridized carbons (Fsp3) is 0.231. The van der Waals surface area contributed by atoms with Gasteiger partial charge in [-0.1, -0.05) is 18.2 Å². The van der Waals surface area contributed by atoms with E-state index < -0.39 is 11.9 Å². The van der Waals surface area contributed by atoms with E-state index in [-0.39, 0.29) is 0 Å². The number of rotatable bonds is 1. The van der Waals surface area contributed by atoms with Gasteiger partial charge in [-0.2, -0.15) is 0 Å². The Morgan fingerprint density at radius 3 is 2.69 bits per heavy atom. The molecule has 0 fully saturated rings. The normalized spacial score (nSPS) is 22.4. The van der Waals surface area contributed by atoms with Crippen LogP contribution < -0.4 is 0 Å². The van der Waals surface area contributed by atoms with Crippen LogP contribution in [-0.4, -0.2) is 11.9 Å².